The SMILES string of the molecule is O=C(NCC1(O)CCC1)c1ccc(Cl)cc1F. The van der Waals surface area contributed by atoms with Crippen LogP contribution in [0.5, 0.6) is 0 Å². The number of hydrogen-bond acceptors (Lipinski definition) is 2. The van der Waals surface area contributed by atoms with Crippen molar-refractivity contribution in [1.82, 2.24) is 5.32 Å². The fraction of sp³-hybridized carbons (Fsp3) is 0.417. The van der Waals surface area contributed by atoms with E-state index in [4.69, 9.17) is 11.6 Å². The van der Waals surface area contributed by atoms with Gasteiger partial charge in [0.1, 0.15) is 5.82 Å². The fourth-order valence-electron chi connectivity index (χ4n) is 1.78. The minimum atomic E-state index is -0.807. The fourth-order valence-corrected chi connectivity index (χ4v) is 1.93. The zero-order valence-electron chi connectivity index (χ0n) is 9.17. The Morgan fingerprint density at radius 1 is 1.53 bits per heavy atom. The first-order valence-corrected chi connectivity index (χ1v) is 5.84. The van der Waals surface area contributed by atoms with E-state index in [1.807, 2.05) is 0 Å². The molecule has 0 spiro atoms. The number of benzene rings is 1. The summed E-state index contributed by atoms with van der Waals surface area (Å²) >= 11 is 5.59. The first kappa shape index (κ1) is 12.3. The van der Waals surface area contributed by atoms with Crippen LogP contribution in [0.3, 0.4) is 0 Å². The standard InChI is InChI=1S/C12H13ClFNO2/c13-8-2-3-9(10(14)6-8)11(16)15-7-12(17)4-1-5-12/h2-3,6,17H,1,4-5,7H2,(H,15,16). The van der Waals surface area contributed by atoms with Gasteiger partial charge < -0.3 is 10.4 Å². The molecule has 92 valence electrons. The maximum atomic E-state index is 13.4. The highest BCUT2D eigenvalue weighted by Gasteiger charge is 2.34. The number of nitrogens with one attached hydrogen (secondary N) is 1. The number of carbonyl (C=O) groups excluding carboxylic acids is 1. The van der Waals surface area contributed by atoms with Crippen molar-refractivity contribution in [2.45, 2.75) is 24.9 Å². The highest BCUT2D eigenvalue weighted by molar-refractivity contribution is 6.30. The summed E-state index contributed by atoms with van der Waals surface area (Å²) in [6, 6.07) is 3.88. The maximum absolute atomic E-state index is 13.4. The smallest absolute Gasteiger partial charge is 0.254 e. The number of halogens is 2. The Bertz CT molecular complexity index is 446. The number of hydrogen-bond donors (Lipinski definition) is 2. The van der Waals surface area contributed by atoms with Crippen molar-refractivity contribution in [1.29, 1.82) is 0 Å². The summed E-state index contributed by atoms with van der Waals surface area (Å²) in [5.74, 6) is -1.19. The van der Waals surface area contributed by atoms with E-state index in [-0.39, 0.29) is 17.1 Å². The molecule has 0 unspecified atom stereocenters. The molecule has 0 atom stereocenters. The first-order chi connectivity index (χ1) is 8.00. The summed E-state index contributed by atoms with van der Waals surface area (Å²) in [7, 11) is 0. The summed E-state index contributed by atoms with van der Waals surface area (Å²) in [4.78, 5) is 11.7. The monoisotopic (exact) mass is 257 g/mol. The Kier molecular flexibility index (Phi) is 3.35. The molecule has 1 saturated carbocycles. The Morgan fingerprint density at radius 2 is 2.24 bits per heavy atom. The van der Waals surface area contributed by atoms with Crippen LogP contribution in [0, 0.1) is 5.82 Å². The molecular weight excluding hydrogens is 245 g/mol. The molecule has 0 bridgehead atoms. The summed E-state index contributed by atoms with van der Waals surface area (Å²) in [6.45, 7) is 0.161. The molecule has 0 radical (unpaired) electrons. The number of carbonyl (C=O) groups is 1. The lowest BCUT2D eigenvalue weighted by Gasteiger charge is -2.36. The molecule has 0 saturated heterocycles. The minimum absolute atomic E-state index is 0.0580. The van der Waals surface area contributed by atoms with E-state index < -0.39 is 17.3 Å². The molecule has 5 heteroatoms. The van der Waals surface area contributed by atoms with Crippen molar-refractivity contribution in [3.8, 4) is 0 Å². The van der Waals surface area contributed by atoms with E-state index >= 15 is 0 Å². The molecule has 1 aliphatic rings. The van der Waals surface area contributed by atoms with E-state index in [9.17, 15) is 14.3 Å². The van der Waals surface area contributed by atoms with Crippen LogP contribution in [0.2, 0.25) is 5.02 Å². The van der Waals surface area contributed by atoms with Crippen molar-refractivity contribution >= 4 is 17.5 Å². The van der Waals surface area contributed by atoms with Gasteiger partial charge in [-0.3, -0.25) is 4.79 Å². The number of rotatable bonds is 3. The topological polar surface area (TPSA) is 49.3 Å². The van der Waals surface area contributed by atoms with Crippen LogP contribution in [0.25, 0.3) is 0 Å². The zero-order valence-corrected chi connectivity index (χ0v) is 9.93. The zero-order chi connectivity index (χ0) is 12.5. The van der Waals surface area contributed by atoms with Gasteiger partial charge in [0.2, 0.25) is 0 Å². The van der Waals surface area contributed by atoms with Crippen LogP contribution in [0.4, 0.5) is 4.39 Å². The Hall–Kier alpha value is -1.13. The number of aliphatic hydroxyl groups is 1. The van der Waals surface area contributed by atoms with Crippen LogP contribution >= 0.6 is 11.6 Å². The summed E-state index contributed by atoms with van der Waals surface area (Å²) < 4.78 is 13.4. The van der Waals surface area contributed by atoms with E-state index in [2.05, 4.69) is 5.32 Å². The molecule has 2 N–H and O–H groups in total. The highest BCUT2D eigenvalue weighted by Crippen LogP contribution is 2.30. The quantitative estimate of drug-likeness (QED) is 0.872. The molecule has 1 aliphatic carbocycles. The Balaban J connectivity index is 1.99. The van der Waals surface area contributed by atoms with Crippen LogP contribution in [-0.4, -0.2) is 23.2 Å². The van der Waals surface area contributed by atoms with Gasteiger partial charge in [0.25, 0.3) is 5.91 Å². The molecule has 0 aliphatic heterocycles. The van der Waals surface area contributed by atoms with Crippen LogP contribution in [0.1, 0.15) is 29.6 Å². The molecule has 1 aromatic carbocycles. The van der Waals surface area contributed by atoms with Gasteiger partial charge in [0, 0.05) is 11.6 Å². The van der Waals surface area contributed by atoms with Crippen molar-refractivity contribution in [2.24, 2.45) is 0 Å². The second-order valence-electron chi connectivity index (χ2n) is 4.38. The third-order valence-corrected chi connectivity index (χ3v) is 3.27. The third kappa shape index (κ3) is 2.76. The summed E-state index contributed by atoms with van der Waals surface area (Å²) in [5.41, 5.74) is -0.865. The molecule has 0 aromatic heterocycles. The predicted molar refractivity (Wildman–Crippen MR) is 62.5 cm³/mol. The Morgan fingerprint density at radius 3 is 2.76 bits per heavy atom. The van der Waals surface area contributed by atoms with Crippen molar-refractivity contribution in [3.63, 3.8) is 0 Å². The van der Waals surface area contributed by atoms with E-state index in [0.717, 1.165) is 12.5 Å². The average Bonchev–Trinajstić information content (AvgIpc) is 2.23. The second-order valence-corrected chi connectivity index (χ2v) is 4.82. The molecule has 0 heterocycles. The van der Waals surface area contributed by atoms with Gasteiger partial charge in [0.15, 0.2) is 0 Å². The van der Waals surface area contributed by atoms with E-state index in [1.165, 1.54) is 12.1 Å². The van der Waals surface area contributed by atoms with Gasteiger partial charge >= 0.3 is 0 Å². The number of amides is 1. The molecule has 3 nitrogen and oxygen atoms in total. The lowest BCUT2D eigenvalue weighted by molar-refractivity contribution is -0.0300. The largest absolute Gasteiger partial charge is 0.388 e. The normalized spacial score (nSPS) is 17.4. The Labute approximate surface area is 104 Å². The van der Waals surface area contributed by atoms with Crippen LogP contribution in [-0.2, 0) is 0 Å². The van der Waals surface area contributed by atoms with Gasteiger partial charge in [-0.25, -0.2) is 4.39 Å². The maximum Gasteiger partial charge on any atom is 0.254 e. The van der Waals surface area contributed by atoms with E-state index in [0.29, 0.717) is 12.8 Å². The first-order valence-electron chi connectivity index (χ1n) is 5.46. The third-order valence-electron chi connectivity index (χ3n) is 3.04. The lowest BCUT2D eigenvalue weighted by atomic mass is 9.80. The van der Waals surface area contributed by atoms with Crippen molar-refractivity contribution in [2.75, 3.05) is 6.54 Å². The van der Waals surface area contributed by atoms with Gasteiger partial charge in [-0.1, -0.05) is 11.6 Å². The molecule has 1 fully saturated rings. The minimum Gasteiger partial charge on any atom is -0.388 e. The molecule has 1 amide bonds. The van der Waals surface area contributed by atoms with Crippen molar-refractivity contribution < 1.29 is 14.3 Å². The summed E-state index contributed by atoms with van der Waals surface area (Å²) in [6.07, 6.45) is 2.31. The van der Waals surface area contributed by atoms with Gasteiger partial charge in [0.05, 0.1) is 11.2 Å². The predicted octanol–water partition coefficient (Wildman–Crippen LogP) is 2.12. The highest BCUT2D eigenvalue weighted by atomic mass is 35.5. The second kappa shape index (κ2) is 4.63. The van der Waals surface area contributed by atoms with Crippen molar-refractivity contribution in [3.05, 3.63) is 34.6 Å². The van der Waals surface area contributed by atoms with Gasteiger partial charge in [-0.2, -0.15) is 0 Å². The molecular formula is C12H13ClFNO2. The van der Waals surface area contributed by atoms with Gasteiger partial charge in [-0.05, 0) is 37.5 Å². The van der Waals surface area contributed by atoms with E-state index in [1.54, 1.807) is 0 Å². The van der Waals surface area contributed by atoms with Crippen LogP contribution < -0.4 is 5.32 Å². The molecule has 2 rings (SSSR count). The average molecular weight is 258 g/mol. The lowest BCUT2D eigenvalue weighted by Crippen LogP contribution is -2.47. The summed E-state index contributed by atoms with van der Waals surface area (Å²) in [5, 5.41) is 12.6. The molecule has 17 heavy (non-hydrogen) atoms. The molecule has 1 aromatic rings. The van der Waals surface area contributed by atoms with Gasteiger partial charge in [-0.15, -0.1) is 0 Å². The van der Waals surface area contributed by atoms with Crippen LogP contribution in [0.15, 0.2) is 18.2 Å².